The van der Waals surface area contributed by atoms with E-state index in [-0.39, 0.29) is 6.17 Å². The Labute approximate surface area is 116 Å². The standard InChI is InChI=1S/C13H18N4OS/c1-2-19-8-11-7-12(14)16-13(15-11)9-3-5-10(17-18)6-4-9/h3-7,13,15,17-18H,2,8H2,1H3,(H2,14,16). The van der Waals surface area contributed by atoms with Crippen molar-refractivity contribution in [2.24, 2.45) is 10.7 Å². The Bertz CT molecular complexity index is 484. The highest BCUT2D eigenvalue weighted by molar-refractivity contribution is 7.99. The molecule has 6 heteroatoms. The van der Waals surface area contributed by atoms with Gasteiger partial charge < -0.3 is 11.1 Å². The number of aliphatic imine (C=N–C) groups is 1. The molecule has 0 aliphatic carbocycles. The highest BCUT2D eigenvalue weighted by atomic mass is 32.2. The first-order chi connectivity index (χ1) is 9.22. The average molecular weight is 278 g/mol. The van der Waals surface area contributed by atoms with E-state index >= 15 is 0 Å². The van der Waals surface area contributed by atoms with Crippen LogP contribution in [0.15, 0.2) is 41.0 Å². The Balaban J connectivity index is 2.10. The van der Waals surface area contributed by atoms with Gasteiger partial charge in [0.05, 0.1) is 5.69 Å². The minimum Gasteiger partial charge on any atom is -0.384 e. The Hall–Kier alpha value is -1.66. The summed E-state index contributed by atoms with van der Waals surface area (Å²) in [6.45, 7) is 2.13. The summed E-state index contributed by atoms with van der Waals surface area (Å²) in [5.74, 6) is 2.51. The highest BCUT2D eigenvalue weighted by Crippen LogP contribution is 2.22. The highest BCUT2D eigenvalue weighted by Gasteiger charge is 2.15. The Morgan fingerprint density at radius 3 is 2.79 bits per heavy atom. The third kappa shape index (κ3) is 3.65. The molecule has 0 spiro atoms. The first kappa shape index (κ1) is 13.8. The summed E-state index contributed by atoms with van der Waals surface area (Å²) in [7, 11) is 0. The molecule has 1 heterocycles. The summed E-state index contributed by atoms with van der Waals surface area (Å²) in [5.41, 5.74) is 10.7. The Morgan fingerprint density at radius 1 is 1.42 bits per heavy atom. The van der Waals surface area contributed by atoms with Crippen LogP contribution in [-0.4, -0.2) is 22.5 Å². The van der Waals surface area contributed by atoms with E-state index < -0.39 is 0 Å². The topological polar surface area (TPSA) is 82.7 Å². The smallest absolute Gasteiger partial charge is 0.146 e. The monoisotopic (exact) mass is 278 g/mol. The fourth-order valence-electron chi connectivity index (χ4n) is 1.81. The molecule has 19 heavy (non-hydrogen) atoms. The molecular formula is C13H18N4OS. The molecule has 0 bridgehead atoms. The van der Waals surface area contributed by atoms with Crippen molar-refractivity contribution >= 4 is 23.3 Å². The van der Waals surface area contributed by atoms with Crippen molar-refractivity contribution in [2.45, 2.75) is 13.1 Å². The Kier molecular flexibility index (Phi) is 4.70. The van der Waals surface area contributed by atoms with Crippen LogP contribution in [0.5, 0.6) is 0 Å². The van der Waals surface area contributed by atoms with Gasteiger partial charge in [-0.2, -0.15) is 11.8 Å². The lowest BCUT2D eigenvalue weighted by Gasteiger charge is -2.23. The van der Waals surface area contributed by atoms with Crippen LogP contribution < -0.4 is 16.5 Å². The molecule has 0 fully saturated rings. The molecule has 1 unspecified atom stereocenters. The predicted molar refractivity (Wildman–Crippen MR) is 80.4 cm³/mol. The van der Waals surface area contributed by atoms with Crippen LogP contribution in [0.4, 0.5) is 5.69 Å². The Morgan fingerprint density at radius 2 is 2.16 bits per heavy atom. The van der Waals surface area contributed by atoms with Gasteiger partial charge in [-0.3, -0.25) is 10.7 Å². The quantitative estimate of drug-likeness (QED) is 0.620. The number of rotatable bonds is 5. The van der Waals surface area contributed by atoms with Gasteiger partial charge in [-0.25, -0.2) is 4.99 Å². The number of anilines is 1. The number of nitrogens with zero attached hydrogens (tertiary/aromatic N) is 1. The lowest BCUT2D eigenvalue weighted by Crippen LogP contribution is -2.29. The molecule has 0 saturated heterocycles. The second-order valence-corrected chi connectivity index (χ2v) is 5.42. The van der Waals surface area contributed by atoms with E-state index in [1.807, 2.05) is 30.0 Å². The molecule has 1 aromatic rings. The molecule has 5 N–H and O–H groups in total. The maximum atomic E-state index is 8.80. The number of benzene rings is 1. The summed E-state index contributed by atoms with van der Waals surface area (Å²) >= 11 is 1.84. The van der Waals surface area contributed by atoms with Crippen LogP contribution in [0, 0.1) is 0 Å². The van der Waals surface area contributed by atoms with Crippen molar-refractivity contribution < 1.29 is 5.21 Å². The molecule has 0 radical (unpaired) electrons. The maximum absolute atomic E-state index is 8.80. The van der Waals surface area contributed by atoms with Crippen LogP contribution in [0.3, 0.4) is 0 Å². The van der Waals surface area contributed by atoms with E-state index in [1.54, 1.807) is 12.1 Å². The van der Waals surface area contributed by atoms with Crippen molar-refractivity contribution in [3.05, 3.63) is 41.6 Å². The number of thioether (sulfide) groups is 1. The van der Waals surface area contributed by atoms with Crippen LogP contribution in [0.2, 0.25) is 0 Å². The zero-order valence-corrected chi connectivity index (χ0v) is 11.6. The number of nitrogens with one attached hydrogen (secondary N) is 2. The number of nitrogens with two attached hydrogens (primary N) is 1. The maximum Gasteiger partial charge on any atom is 0.146 e. The van der Waals surface area contributed by atoms with E-state index in [9.17, 15) is 0 Å². The van der Waals surface area contributed by atoms with Crippen molar-refractivity contribution in [2.75, 3.05) is 17.0 Å². The fraction of sp³-hybridized carbons (Fsp3) is 0.308. The second kappa shape index (κ2) is 6.49. The van der Waals surface area contributed by atoms with E-state index in [0.29, 0.717) is 11.5 Å². The third-order valence-corrected chi connectivity index (χ3v) is 3.66. The van der Waals surface area contributed by atoms with E-state index in [4.69, 9.17) is 10.9 Å². The van der Waals surface area contributed by atoms with Crippen LogP contribution >= 0.6 is 11.8 Å². The zero-order valence-electron chi connectivity index (χ0n) is 10.8. The molecule has 0 aromatic heterocycles. The minimum atomic E-state index is -0.162. The summed E-state index contributed by atoms with van der Waals surface area (Å²) in [4.78, 5) is 4.38. The fourth-order valence-corrected chi connectivity index (χ4v) is 2.40. The van der Waals surface area contributed by atoms with Gasteiger partial charge in [-0.1, -0.05) is 19.1 Å². The summed E-state index contributed by atoms with van der Waals surface area (Å²) in [5, 5.41) is 12.2. The molecule has 2 rings (SSSR count). The molecule has 1 atom stereocenters. The van der Waals surface area contributed by atoms with Gasteiger partial charge in [-0.15, -0.1) is 0 Å². The minimum absolute atomic E-state index is 0.162. The van der Waals surface area contributed by atoms with Gasteiger partial charge in [0.25, 0.3) is 0 Å². The molecule has 0 saturated carbocycles. The van der Waals surface area contributed by atoms with Crippen molar-refractivity contribution in [3.63, 3.8) is 0 Å². The van der Waals surface area contributed by atoms with Crippen molar-refractivity contribution in [3.8, 4) is 0 Å². The number of hydrogen-bond donors (Lipinski definition) is 4. The number of amidine groups is 1. The third-order valence-electron chi connectivity index (χ3n) is 2.74. The molecule has 1 aliphatic heterocycles. The van der Waals surface area contributed by atoms with Gasteiger partial charge >= 0.3 is 0 Å². The normalized spacial score (nSPS) is 18.3. The summed E-state index contributed by atoms with van der Waals surface area (Å²) in [6, 6.07) is 7.40. The lowest BCUT2D eigenvalue weighted by molar-refractivity contribution is 0.389. The van der Waals surface area contributed by atoms with Crippen LogP contribution in [-0.2, 0) is 0 Å². The van der Waals surface area contributed by atoms with Gasteiger partial charge in [0.2, 0.25) is 0 Å². The predicted octanol–water partition coefficient (Wildman–Crippen LogP) is 2.08. The van der Waals surface area contributed by atoms with E-state index in [0.717, 1.165) is 22.8 Å². The zero-order chi connectivity index (χ0) is 13.7. The van der Waals surface area contributed by atoms with E-state index in [1.165, 1.54) is 0 Å². The van der Waals surface area contributed by atoms with Gasteiger partial charge in [0, 0.05) is 11.4 Å². The molecule has 1 aliphatic rings. The first-order valence-corrected chi connectivity index (χ1v) is 7.26. The van der Waals surface area contributed by atoms with Crippen molar-refractivity contribution in [1.29, 1.82) is 0 Å². The SMILES string of the molecule is CCSCC1=CC(N)=NC(c2ccc(NO)cc2)N1. The van der Waals surface area contributed by atoms with E-state index in [2.05, 4.69) is 22.7 Å². The summed E-state index contributed by atoms with van der Waals surface area (Å²) in [6.07, 6.45) is 1.72. The average Bonchev–Trinajstić information content (AvgIpc) is 2.44. The molecular weight excluding hydrogens is 260 g/mol. The van der Waals surface area contributed by atoms with Gasteiger partial charge in [-0.05, 0) is 29.5 Å². The van der Waals surface area contributed by atoms with Gasteiger partial charge in [0.15, 0.2) is 0 Å². The molecule has 1 aromatic carbocycles. The van der Waals surface area contributed by atoms with Gasteiger partial charge in [0.1, 0.15) is 12.0 Å². The van der Waals surface area contributed by atoms with Crippen LogP contribution in [0.1, 0.15) is 18.7 Å². The summed E-state index contributed by atoms with van der Waals surface area (Å²) < 4.78 is 0. The first-order valence-electron chi connectivity index (χ1n) is 6.11. The molecule has 102 valence electrons. The second-order valence-electron chi connectivity index (χ2n) is 4.14. The molecule has 5 nitrogen and oxygen atoms in total. The van der Waals surface area contributed by atoms with Crippen LogP contribution in [0.25, 0.3) is 0 Å². The number of hydrogen-bond acceptors (Lipinski definition) is 6. The lowest BCUT2D eigenvalue weighted by atomic mass is 10.1. The molecule has 0 amide bonds. The van der Waals surface area contributed by atoms with Crippen molar-refractivity contribution in [1.82, 2.24) is 5.32 Å². The largest absolute Gasteiger partial charge is 0.384 e.